The third-order valence-electron chi connectivity index (χ3n) is 5.86. The summed E-state index contributed by atoms with van der Waals surface area (Å²) >= 11 is 0. The Morgan fingerprint density at radius 3 is 2.56 bits per heavy atom. The first-order valence-electron chi connectivity index (χ1n) is 9.70. The van der Waals surface area contributed by atoms with Gasteiger partial charge in [0.25, 0.3) is 0 Å². The third-order valence-corrected chi connectivity index (χ3v) is 8.43. The van der Waals surface area contributed by atoms with E-state index in [0.29, 0.717) is 12.3 Å². The molecule has 1 aromatic carbocycles. The zero-order chi connectivity index (χ0) is 19.5. The number of rotatable bonds is 8. The standard InChI is InChI=1S/C20H30FN2O3P/c1-23(14-16-6-5-7-19(16)25)27(2,22-20(15-24)12-3-4-13-20)26-18-10-8-17(21)9-11-18/h8-11,15-16,19,22,25H,2-7,12-14H2,1H3/t16?,19-,27?/m1/s1. The largest absolute Gasteiger partial charge is 0.450 e. The fourth-order valence-corrected chi connectivity index (χ4v) is 6.43. The number of nitrogens with one attached hydrogen (secondary N) is 1. The predicted molar refractivity (Wildman–Crippen MR) is 107 cm³/mol. The van der Waals surface area contributed by atoms with Crippen LogP contribution in [-0.2, 0) is 4.79 Å². The number of hydrogen-bond acceptors (Lipinski definition) is 5. The average Bonchev–Trinajstić information content (AvgIpc) is 3.27. The highest BCUT2D eigenvalue weighted by Gasteiger charge is 2.40. The van der Waals surface area contributed by atoms with Crippen LogP contribution < -0.4 is 9.61 Å². The number of carbonyl (C=O) groups excluding carboxylic acids is 1. The van der Waals surface area contributed by atoms with Crippen LogP contribution in [0, 0.1) is 11.7 Å². The van der Waals surface area contributed by atoms with Crippen LogP contribution >= 0.6 is 7.41 Å². The van der Waals surface area contributed by atoms with E-state index in [1.54, 1.807) is 12.1 Å². The van der Waals surface area contributed by atoms with Crippen molar-refractivity contribution in [1.82, 2.24) is 9.76 Å². The molecule has 0 bridgehead atoms. The van der Waals surface area contributed by atoms with E-state index in [2.05, 4.69) is 11.4 Å². The SMILES string of the molecule is C=P(NC1(C=O)CCCC1)(Oc1ccc(F)cc1)N(C)CC1CCC[C@H]1O. The zero-order valence-electron chi connectivity index (χ0n) is 15.9. The molecule has 0 amide bonds. The molecule has 0 heterocycles. The molecule has 3 atom stereocenters. The monoisotopic (exact) mass is 396 g/mol. The second-order valence-corrected chi connectivity index (χ2v) is 10.4. The first-order chi connectivity index (χ1) is 12.9. The van der Waals surface area contributed by atoms with Crippen molar-refractivity contribution in [2.75, 3.05) is 13.6 Å². The maximum Gasteiger partial charge on any atom is 0.179 e. The highest BCUT2D eigenvalue weighted by atomic mass is 31.2. The molecule has 7 heteroatoms. The van der Waals surface area contributed by atoms with Crippen molar-refractivity contribution in [2.45, 2.75) is 56.6 Å². The lowest BCUT2D eigenvalue weighted by molar-refractivity contribution is -0.112. The van der Waals surface area contributed by atoms with Crippen LogP contribution in [0.5, 0.6) is 5.75 Å². The number of benzene rings is 1. The molecule has 0 radical (unpaired) electrons. The number of aliphatic hydroxyl groups excluding tert-OH is 1. The van der Waals surface area contributed by atoms with E-state index in [9.17, 15) is 14.3 Å². The Balaban J connectivity index is 1.83. The summed E-state index contributed by atoms with van der Waals surface area (Å²) < 4.78 is 21.6. The Labute approximate surface area is 161 Å². The molecular formula is C20H30FN2O3P. The Morgan fingerprint density at radius 2 is 2.00 bits per heavy atom. The van der Waals surface area contributed by atoms with Crippen LogP contribution in [0.4, 0.5) is 4.39 Å². The summed E-state index contributed by atoms with van der Waals surface area (Å²) in [7, 11) is -0.713. The van der Waals surface area contributed by atoms with Crippen LogP contribution in [0.3, 0.4) is 0 Å². The predicted octanol–water partition coefficient (Wildman–Crippen LogP) is 3.59. The Hall–Kier alpha value is -1.20. The highest BCUT2D eigenvalue weighted by Crippen LogP contribution is 2.50. The van der Waals surface area contributed by atoms with Gasteiger partial charge in [-0.2, -0.15) is 0 Å². The number of halogens is 1. The molecule has 5 nitrogen and oxygen atoms in total. The van der Waals surface area contributed by atoms with Gasteiger partial charge in [-0.25, -0.2) is 14.1 Å². The lowest BCUT2D eigenvalue weighted by Crippen LogP contribution is -2.47. The minimum absolute atomic E-state index is 0.172. The van der Waals surface area contributed by atoms with Crippen LogP contribution in [0.2, 0.25) is 0 Å². The van der Waals surface area contributed by atoms with Gasteiger partial charge in [0, 0.05) is 6.54 Å². The smallest absolute Gasteiger partial charge is 0.179 e. The Bertz CT molecular complexity index is 691. The van der Waals surface area contributed by atoms with Gasteiger partial charge >= 0.3 is 0 Å². The van der Waals surface area contributed by atoms with E-state index in [0.717, 1.165) is 51.2 Å². The maximum absolute atomic E-state index is 13.3. The van der Waals surface area contributed by atoms with Gasteiger partial charge in [0.2, 0.25) is 0 Å². The van der Waals surface area contributed by atoms with E-state index in [-0.39, 0.29) is 17.8 Å². The molecule has 0 spiro atoms. The summed E-state index contributed by atoms with van der Waals surface area (Å²) in [4.78, 5) is 11.9. The normalized spacial score (nSPS) is 26.8. The van der Waals surface area contributed by atoms with Gasteiger partial charge < -0.3 is 14.4 Å². The number of aldehydes is 1. The van der Waals surface area contributed by atoms with Gasteiger partial charge in [0.1, 0.15) is 17.9 Å². The summed E-state index contributed by atoms with van der Waals surface area (Å²) in [5, 5.41) is 13.7. The summed E-state index contributed by atoms with van der Waals surface area (Å²) in [6.45, 7) is 0.640. The minimum atomic E-state index is -2.64. The second kappa shape index (κ2) is 8.44. The van der Waals surface area contributed by atoms with Crippen LogP contribution in [-0.4, -0.2) is 47.6 Å². The van der Waals surface area contributed by atoms with Crippen molar-refractivity contribution in [3.63, 3.8) is 0 Å². The Kier molecular flexibility index (Phi) is 6.42. The van der Waals surface area contributed by atoms with E-state index in [1.165, 1.54) is 12.1 Å². The third kappa shape index (κ3) is 4.80. The van der Waals surface area contributed by atoms with Crippen LogP contribution in [0.25, 0.3) is 0 Å². The first kappa shape index (κ1) is 20.5. The van der Waals surface area contributed by atoms with Crippen LogP contribution in [0.1, 0.15) is 44.9 Å². The molecule has 2 aliphatic carbocycles. The molecule has 0 aromatic heterocycles. The molecule has 1 aromatic rings. The topological polar surface area (TPSA) is 61.8 Å². The van der Waals surface area contributed by atoms with Gasteiger partial charge in [-0.3, -0.25) is 0 Å². The second-order valence-electron chi connectivity index (χ2n) is 7.94. The molecule has 2 unspecified atom stereocenters. The zero-order valence-corrected chi connectivity index (χ0v) is 16.8. The molecule has 3 rings (SSSR count). The van der Waals surface area contributed by atoms with E-state index >= 15 is 0 Å². The maximum atomic E-state index is 13.3. The molecule has 27 heavy (non-hydrogen) atoms. The van der Waals surface area contributed by atoms with Crippen molar-refractivity contribution >= 4 is 20.0 Å². The van der Waals surface area contributed by atoms with Crippen LogP contribution in [0.15, 0.2) is 24.3 Å². The molecule has 2 saturated carbocycles. The number of carbonyl (C=O) groups is 1. The van der Waals surface area contributed by atoms with Crippen molar-refractivity contribution < 1.29 is 18.8 Å². The fourth-order valence-electron chi connectivity index (χ4n) is 4.16. The van der Waals surface area contributed by atoms with Gasteiger partial charge in [-0.1, -0.05) is 19.3 Å². The number of nitrogens with zero attached hydrogens (tertiary/aromatic N) is 1. The lowest BCUT2D eigenvalue weighted by atomic mass is 10.0. The minimum Gasteiger partial charge on any atom is -0.450 e. The first-order valence-corrected chi connectivity index (χ1v) is 11.5. The van der Waals surface area contributed by atoms with Gasteiger partial charge in [0.05, 0.1) is 11.6 Å². The average molecular weight is 396 g/mol. The van der Waals surface area contributed by atoms with Crippen molar-refractivity contribution in [2.24, 2.45) is 5.92 Å². The van der Waals surface area contributed by atoms with Crippen molar-refractivity contribution in [3.8, 4) is 5.75 Å². The molecule has 2 fully saturated rings. The summed E-state index contributed by atoms with van der Waals surface area (Å²) in [6.07, 6.45) is 11.4. The summed E-state index contributed by atoms with van der Waals surface area (Å²) in [5.41, 5.74) is -0.627. The molecule has 2 aliphatic rings. The molecule has 150 valence electrons. The van der Waals surface area contributed by atoms with E-state index < -0.39 is 13.0 Å². The van der Waals surface area contributed by atoms with Gasteiger partial charge in [-0.15, -0.1) is 0 Å². The lowest BCUT2D eigenvalue weighted by Gasteiger charge is -2.41. The van der Waals surface area contributed by atoms with E-state index in [1.807, 2.05) is 11.7 Å². The molecule has 0 saturated heterocycles. The highest BCUT2D eigenvalue weighted by molar-refractivity contribution is 7.65. The van der Waals surface area contributed by atoms with Crippen molar-refractivity contribution in [1.29, 1.82) is 0 Å². The van der Waals surface area contributed by atoms with Gasteiger partial charge in [-0.05, 0) is 69.2 Å². The summed E-state index contributed by atoms with van der Waals surface area (Å²) in [5.74, 6) is 0.362. The number of hydrogen-bond donors (Lipinski definition) is 2. The summed E-state index contributed by atoms with van der Waals surface area (Å²) in [6, 6.07) is 5.87. The number of aliphatic hydroxyl groups is 1. The molecular weight excluding hydrogens is 366 g/mol. The van der Waals surface area contributed by atoms with Crippen molar-refractivity contribution in [3.05, 3.63) is 30.1 Å². The van der Waals surface area contributed by atoms with Gasteiger partial charge in [0.15, 0.2) is 7.41 Å². The molecule has 2 N–H and O–H groups in total. The molecule has 0 aliphatic heterocycles. The Morgan fingerprint density at radius 1 is 1.33 bits per heavy atom. The fraction of sp³-hybridized carbons (Fsp3) is 0.600. The quantitative estimate of drug-likeness (QED) is 0.519. The van der Waals surface area contributed by atoms with E-state index in [4.69, 9.17) is 4.52 Å².